The third kappa shape index (κ3) is 5.90. The zero-order valence-electron chi connectivity index (χ0n) is 16.5. The maximum absolute atomic E-state index is 6.28. The molecule has 0 aliphatic carbocycles. The number of ether oxygens (including phenoxy) is 1. The lowest BCUT2D eigenvalue weighted by Crippen LogP contribution is -2.54. The molecule has 0 amide bonds. The average Bonchev–Trinajstić information content (AvgIpc) is 2.62. The Balaban J connectivity index is 0.00000261. The predicted octanol–water partition coefficient (Wildman–Crippen LogP) is 4.41. The largest absolute Gasteiger partial charge is 0.381 e. The van der Waals surface area contributed by atoms with Gasteiger partial charge in [-0.2, -0.15) is 11.8 Å². The Hall–Kier alpha value is -0.180. The summed E-state index contributed by atoms with van der Waals surface area (Å²) < 4.78 is 5.91. The van der Waals surface area contributed by atoms with Crippen molar-refractivity contribution in [2.45, 2.75) is 36.9 Å². The zero-order valence-corrected chi connectivity index (χ0v) is 20.4. The lowest BCUT2D eigenvalue weighted by molar-refractivity contribution is 0.0511. The maximum atomic E-state index is 6.28. The lowest BCUT2D eigenvalue weighted by Gasteiger charge is -2.42. The molecule has 7 heteroatoms. The number of benzene rings is 1. The molecule has 2 fully saturated rings. The van der Waals surface area contributed by atoms with Gasteiger partial charge < -0.3 is 15.0 Å². The minimum atomic E-state index is 0. The van der Waals surface area contributed by atoms with Crippen LogP contribution in [0.15, 0.2) is 29.3 Å². The SMILES string of the molecule is CN=C(NCC1(c2cccc(Cl)c2)CCOCC1)N1CCSC(C)(C)C1.I. The molecule has 4 nitrogen and oxygen atoms in total. The van der Waals surface area contributed by atoms with Crippen LogP contribution in [0.4, 0.5) is 0 Å². The first kappa shape index (κ1) is 23.1. The van der Waals surface area contributed by atoms with Gasteiger partial charge in [0.05, 0.1) is 0 Å². The minimum absolute atomic E-state index is 0. The third-order valence-electron chi connectivity index (χ3n) is 5.41. The fourth-order valence-electron chi connectivity index (χ4n) is 3.93. The Kier molecular flexibility index (Phi) is 8.58. The van der Waals surface area contributed by atoms with Crippen LogP contribution >= 0.6 is 47.3 Å². The minimum Gasteiger partial charge on any atom is -0.381 e. The van der Waals surface area contributed by atoms with Gasteiger partial charge in [-0.1, -0.05) is 23.7 Å². The van der Waals surface area contributed by atoms with Crippen molar-refractivity contribution in [3.05, 3.63) is 34.9 Å². The average molecular weight is 524 g/mol. The third-order valence-corrected chi connectivity index (χ3v) is 6.94. The van der Waals surface area contributed by atoms with Crippen molar-refractivity contribution in [1.29, 1.82) is 0 Å². The summed E-state index contributed by atoms with van der Waals surface area (Å²) in [5.74, 6) is 2.15. The van der Waals surface area contributed by atoms with Gasteiger partial charge in [-0.05, 0) is 44.4 Å². The maximum Gasteiger partial charge on any atom is 0.193 e. The van der Waals surface area contributed by atoms with Crippen molar-refractivity contribution in [2.24, 2.45) is 4.99 Å². The first-order valence-corrected chi connectivity index (χ1v) is 10.7. The molecule has 2 aliphatic heterocycles. The normalized spacial score (nSPS) is 22.1. The highest BCUT2D eigenvalue weighted by Crippen LogP contribution is 2.35. The van der Waals surface area contributed by atoms with Crippen molar-refractivity contribution < 1.29 is 4.74 Å². The predicted molar refractivity (Wildman–Crippen MR) is 128 cm³/mol. The zero-order chi connectivity index (χ0) is 18.6. The summed E-state index contributed by atoms with van der Waals surface area (Å²) in [6.07, 6.45) is 2.00. The standard InChI is InChI=1S/C20H30ClN3OS.HI/c1-19(2)15-24(9-12-26-19)18(22-3)23-14-20(7-10-25-11-8-20)16-5-4-6-17(21)13-16;/h4-6,13H,7-12,14-15H2,1-3H3,(H,22,23);1H. The molecule has 1 N–H and O–H groups in total. The van der Waals surface area contributed by atoms with E-state index in [4.69, 9.17) is 16.3 Å². The van der Waals surface area contributed by atoms with E-state index in [2.05, 4.69) is 41.2 Å². The highest BCUT2D eigenvalue weighted by molar-refractivity contribution is 14.0. The van der Waals surface area contributed by atoms with E-state index in [0.717, 1.165) is 62.4 Å². The molecule has 152 valence electrons. The Labute approximate surface area is 189 Å². The van der Waals surface area contributed by atoms with Gasteiger partial charge in [0.2, 0.25) is 0 Å². The molecule has 27 heavy (non-hydrogen) atoms. The number of rotatable bonds is 3. The summed E-state index contributed by atoms with van der Waals surface area (Å²) >= 11 is 8.32. The van der Waals surface area contributed by atoms with Crippen LogP contribution in [0.3, 0.4) is 0 Å². The Bertz CT molecular complexity index is 650. The first-order valence-electron chi connectivity index (χ1n) is 9.38. The summed E-state index contributed by atoms with van der Waals surface area (Å²) in [7, 11) is 1.88. The highest BCUT2D eigenvalue weighted by Gasteiger charge is 2.36. The van der Waals surface area contributed by atoms with Crippen LogP contribution in [0.5, 0.6) is 0 Å². The number of hydrogen-bond acceptors (Lipinski definition) is 3. The number of hydrogen-bond donors (Lipinski definition) is 1. The second kappa shape index (κ2) is 10.0. The summed E-state index contributed by atoms with van der Waals surface area (Å²) in [5.41, 5.74) is 1.34. The van der Waals surface area contributed by atoms with Crippen molar-refractivity contribution in [2.75, 3.05) is 45.6 Å². The van der Waals surface area contributed by atoms with Crippen molar-refractivity contribution in [3.63, 3.8) is 0 Å². The summed E-state index contributed by atoms with van der Waals surface area (Å²) in [5, 5.41) is 4.47. The molecule has 0 aromatic heterocycles. The number of nitrogens with zero attached hydrogens (tertiary/aromatic N) is 2. The molecule has 0 bridgehead atoms. The van der Waals surface area contributed by atoms with E-state index in [1.54, 1.807) is 0 Å². The fraction of sp³-hybridized carbons (Fsp3) is 0.650. The number of halogens is 2. The van der Waals surface area contributed by atoms with Crippen LogP contribution in [0.1, 0.15) is 32.3 Å². The molecule has 2 saturated heterocycles. The lowest BCUT2D eigenvalue weighted by atomic mass is 9.74. The number of aliphatic imine (C=N–C) groups is 1. The topological polar surface area (TPSA) is 36.9 Å². The van der Waals surface area contributed by atoms with E-state index in [0.29, 0.717) is 0 Å². The number of guanidine groups is 1. The van der Waals surface area contributed by atoms with Gasteiger partial charge in [-0.25, -0.2) is 0 Å². The quantitative estimate of drug-likeness (QED) is 0.362. The van der Waals surface area contributed by atoms with E-state index in [1.165, 1.54) is 5.56 Å². The van der Waals surface area contributed by atoms with Crippen LogP contribution in [0.2, 0.25) is 5.02 Å². The molecule has 3 rings (SSSR count). The van der Waals surface area contributed by atoms with Crippen molar-refractivity contribution in [3.8, 4) is 0 Å². The van der Waals surface area contributed by atoms with Gasteiger partial charge in [-0.15, -0.1) is 24.0 Å². The molecular weight excluding hydrogens is 493 g/mol. The molecule has 1 aromatic rings. The van der Waals surface area contributed by atoms with Crippen LogP contribution in [-0.4, -0.2) is 61.3 Å². The van der Waals surface area contributed by atoms with E-state index in [-0.39, 0.29) is 34.1 Å². The molecule has 2 aliphatic rings. The molecule has 0 atom stereocenters. The van der Waals surface area contributed by atoms with E-state index in [9.17, 15) is 0 Å². The second-order valence-electron chi connectivity index (χ2n) is 7.83. The van der Waals surface area contributed by atoms with Gasteiger partial charge in [0.25, 0.3) is 0 Å². The summed E-state index contributed by atoms with van der Waals surface area (Å²) in [4.78, 5) is 6.96. The Morgan fingerprint density at radius 1 is 1.33 bits per heavy atom. The summed E-state index contributed by atoms with van der Waals surface area (Å²) in [6, 6.07) is 8.30. The molecule has 0 unspecified atom stereocenters. The summed E-state index contributed by atoms with van der Waals surface area (Å²) in [6.45, 7) is 9.12. The van der Waals surface area contributed by atoms with Crippen LogP contribution in [0, 0.1) is 0 Å². The molecule has 0 spiro atoms. The van der Waals surface area contributed by atoms with Gasteiger partial charge in [0.1, 0.15) is 0 Å². The molecule has 0 radical (unpaired) electrons. The van der Waals surface area contributed by atoms with Crippen LogP contribution < -0.4 is 5.32 Å². The van der Waals surface area contributed by atoms with Crippen molar-refractivity contribution >= 4 is 53.3 Å². The highest BCUT2D eigenvalue weighted by atomic mass is 127. The Morgan fingerprint density at radius 3 is 2.70 bits per heavy atom. The molecular formula is C20H31ClIN3OS. The van der Waals surface area contributed by atoms with Gasteiger partial charge >= 0.3 is 0 Å². The van der Waals surface area contributed by atoms with Gasteiger partial charge in [0, 0.05) is 60.8 Å². The second-order valence-corrected chi connectivity index (χ2v) is 10.1. The fourth-order valence-corrected chi connectivity index (χ4v) is 5.23. The van der Waals surface area contributed by atoms with Gasteiger partial charge in [0.15, 0.2) is 5.96 Å². The molecule has 2 heterocycles. The van der Waals surface area contributed by atoms with Gasteiger partial charge in [-0.3, -0.25) is 4.99 Å². The van der Waals surface area contributed by atoms with E-state index < -0.39 is 0 Å². The number of thioether (sulfide) groups is 1. The monoisotopic (exact) mass is 523 g/mol. The van der Waals surface area contributed by atoms with E-state index >= 15 is 0 Å². The van der Waals surface area contributed by atoms with Crippen molar-refractivity contribution in [1.82, 2.24) is 10.2 Å². The van der Waals surface area contributed by atoms with Crippen LogP contribution in [0.25, 0.3) is 0 Å². The smallest absolute Gasteiger partial charge is 0.193 e. The first-order chi connectivity index (χ1) is 12.4. The molecule has 0 saturated carbocycles. The van der Waals surface area contributed by atoms with E-state index in [1.807, 2.05) is 30.9 Å². The van der Waals surface area contributed by atoms with Crippen LogP contribution in [-0.2, 0) is 10.2 Å². The Morgan fingerprint density at radius 2 is 2.07 bits per heavy atom. The number of nitrogens with one attached hydrogen (secondary N) is 1. The molecule has 1 aromatic carbocycles.